The first kappa shape index (κ1) is 14.0. The van der Waals surface area contributed by atoms with Gasteiger partial charge < -0.3 is 15.3 Å². The maximum atomic E-state index is 12.6. The number of nitrogens with zero attached hydrogens (tertiary/aromatic N) is 1. The number of carbonyl (C=O) groups is 1. The summed E-state index contributed by atoms with van der Waals surface area (Å²) in [5, 5.41) is 12.7. The highest BCUT2D eigenvalue weighted by molar-refractivity contribution is 5.84. The van der Waals surface area contributed by atoms with Crippen molar-refractivity contribution in [2.75, 3.05) is 20.2 Å². The largest absolute Gasteiger partial charge is 0.394 e. The van der Waals surface area contributed by atoms with Crippen LogP contribution in [-0.2, 0) is 11.2 Å². The summed E-state index contributed by atoms with van der Waals surface area (Å²) in [7, 11) is 1.75. The molecule has 1 aliphatic heterocycles. The number of fused-ring (bicyclic) bond motifs is 1. The van der Waals surface area contributed by atoms with Gasteiger partial charge in [-0.2, -0.15) is 0 Å². The second kappa shape index (κ2) is 5.31. The predicted molar refractivity (Wildman–Crippen MR) is 74.8 cm³/mol. The molecule has 1 heterocycles. The Balaban J connectivity index is 2.26. The molecule has 0 spiro atoms. The van der Waals surface area contributed by atoms with Crippen molar-refractivity contribution >= 4 is 5.91 Å². The highest BCUT2D eigenvalue weighted by Gasteiger charge is 2.34. The van der Waals surface area contributed by atoms with Crippen molar-refractivity contribution in [3.63, 3.8) is 0 Å². The average Bonchev–Trinajstić information content (AvgIpc) is 2.45. The number of aliphatic hydroxyl groups is 1. The summed E-state index contributed by atoms with van der Waals surface area (Å²) in [5.41, 5.74) is 1.74. The van der Waals surface area contributed by atoms with Gasteiger partial charge in [0.15, 0.2) is 0 Å². The zero-order valence-electron chi connectivity index (χ0n) is 11.8. The first-order chi connectivity index (χ1) is 8.97. The molecule has 2 N–H and O–H groups in total. The Morgan fingerprint density at radius 2 is 2.16 bits per heavy atom. The molecule has 0 bridgehead atoms. The number of benzene rings is 1. The number of nitrogens with one attached hydrogen (secondary N) is 1. The molecule has 1 amide bonds. The standard InChI is InChI=1S/C15H22N2O2/c1-15(2,10-18)17(3)14(19)13-12-7-5-4-6-11(12)8-9-16-13/h4-7,13,16,18H,8-10H2,1-3H3. The predicted octanol–water partition coefficient (Wildman–Crippen LogP) is 1.10. The van der Waals surface area contributed by atoms with Gasteiger partial charge in [-0.3, -0.25) is 4.79 Å². The van der Waals surface area contributed by atoms with Gasteiger partial charge in [-0.1, -0.05) is 24.3 Å². The third-order valence-corrected chi connectivity index (χ3v) is 3.98. The molecule has 1 unspecified atom stereocenters. The van der Waals surface area contributed by atoms with E-state index in [-0.39, 0.29) is 18.6 Å². The molecule has 0 fully saturated rings. The fraction of sp³-hybridized carbons (Fsp3) is 0.533. The lowest BCUT2D eigenvalue weighted by Gasteiger charge is -2.38. The molecule has 0 saturated heterocycles. The average molecular weight is 262 g/mol. The van der Waals surface area contributed by atoms with E-state index in [0.29, 0.717) is 0 Å². The molecule has 1 atom stereocenters. The summed E-state index contributed by atoms with van der Waals surface area (Å²) < 4.78 is 0. The third kappa shape index (κ3) is 2.65. The van der Waals surface area contributed by atoms with E-state index in [1.54, 1.807) is 11.9 Å². The molecule has 1 aromatic carbocycles. The van der Waals surface area contributed by atoms with Gasteiger partial charge in [-0.15, -0.1) is 0 Å². The van der Waals surface area contributed by atoms with Crippen LogP contribution in [0.4, 0.5) is 0 Å². The van der Waals surface area contributed by atoms with Crippen molar-refractivity contribution in [3.05, 3.63) is 35.4 Å². The van der Waals surface area contributed by atoms with Crippen LogP contribution in [0.3, 0.4) is 0 Å². The SMILES string of the molecule is CN(C(=O)C1NCCc2ccccc21)C(C)(C)CO. The van der Waals surface area contributed by atoms with E-state index >= 15 is 0 Å². The summed E-state index contributed by atoms with van der Waals surface area (Å²) in [4.78, 5) is 14.3. The maximum absolute atomic E-state index is 12.6. The first-order valence-corrected chi connectivity index (χ1v) is 6.67. The third-order valence-electron chi connectivity index (χ3n) is 3.98. The van der Waals surface area contributed by atoms with Crippen LogP contribution in [0.15, 0.2) is 24.3 Å². The molecule has 4 nitrogen and oxygen atoms in total. The minimum absolute atomic E-state index is 0.00574. The van der Waals surface area contributed by atoms with E-state index in [0.717, 1.165) is 18.5 Å². The maximum Gasteiger partial charge on any atom is 0.244 e. The molecule has 1 aromatic rings. The van der Waals surface area contributed by atoms with Gasteiger partial charge in [-0.25, -0.2) is 0 Å². The van der Waals surface area contributed by atoms with Gasteiger partial charge >= 0.3 is 0 Å². The van der Waals surface area contributed by atoms with Gasteiger partial charge in [0.2, 0.25) is 5.91 Å². The monoisotopic (exact) mass is 262 g/mol. The van der Waals surface area contributed by atoms with Gasteiger partial charge in [0.05, 0.1) is 12.1 Å². The molecule has 0 saturated carbocycles. The molecular formula is C15H22N2O2. The van der Waals surface area contributed by atoms with Crippen molar-refractivity contribution in [3.8, 4) is 0 Å². The van der Waals surface area contributed by atoms with Crippen LogP contribution >= 0.6 is 0 Å². The van der Waals surface area contributed by atoms with Gasteiger partial charge in [0.1, 0.15) is 6.04 Å². The Bertz CT molecular complexity index is 471. The molecule has 19 heavy (non-hydrogen) atoms. The van der Waals surface area contributed by atoms with Crippen molar-refractivity contribution in [1.29, 1.82) is 0 Å². The van der Waals surface area contributed by atoms with E-state index in [2.05, 4.69) is 11.4 Å². The van der Waals surface area contributed by atoms with E-state index < -0.39 is 5.54 Å². The fourth-order valence-corrected chi connectivity index (χ4v) is 2.32. The molecule has 1 aliphatic rings. The zero-order chi connectivity index (χ0) is 14.0. The molecule has 104 valence electrons. The lowest BCUT2D eigenvalue weighted by atomic mass is 9.92. The van der Waals surface area contributed by atoms with E-state index in [1.165, 1.54) is 5.56 Å². The lowest BCUT2D eigenvalue weighted by molar-refractivity contribution is -0.138. The second-order valence-corrected chi connectivity index (χ2v) is 5.70. The van der Waals surface area contributed by atoms with Crippen LogP contribution in [0.2, 0.25) is 0 Å². The normalized spacial score (nSPS) is 18.8. The number of rotatable bonds is 3. The number of hydrogen-bond donors (Lipinski definition) is 2. The summed E-state index contributed by atoms with van der Waals surface area (Å²) in [6.07, 6.45) is 0.951. The molecule has 4 heteroatoms. The topological polar surface area (TPSA) is 52.6 Å². The van der Waals surface area contributed by atoms with E-state index in [9.17, 15) is 9.90 Å². The molecular weight excluding hydrogens is 240 g/mol. The van der Waals surface area contributed by atoms with Crippen molar-refractivity contribution in [1.82, 2.24) is 10.2 Å². The first-order valence-electron chi connectivity index (χ1n) is 6.67. The van der Waals surface area contributed by atoms with Crippen LogP contribution in [0, 0.1) is 0 Å². The van der Waals surface area contributed by atoms with Crippen molar-refractivity contribution < 1.29 is 9.90 Å². The Morgan fingerprint density at radius 3 is 2.84 bits per heavy atom. The summed E-state index contributed by atoms with van der Waals surface area (Å²) in [6.45, 7) is 4.48. The number of likely N-dealkylation sites (N-methyl/N-ethyl adjacent to an activating group) is 1. The molecule has 0 aromatic heterocycles. The quantitative estimate of drug-likeness (QED) is 0.858. The van der Waals surface area contributed by atoms with E-state index in [1.807, 2.05) is 32.0 Å². The van der Waals surface area contributed by atoms with Crippen LogP contribution in [0.1, 0.15) is 31.0 Å². The number of carbonyl (C=O) groups excluding carboxylic acids is 1. The van der Waals surface area contributed by atoms with Crippen LogP contribution < -0.4 is 5.32 Å². The van der Waals surface area contributed by atoms with Gasteiger partial charge in [0, 0.05) is 13.6 Å². The van der Waals surface area contributed by atoms with Crippen LogP contribution in [-0.4, -0.2) is 41.7 Å². The summed E-state index contributed by atoms with van der Waals surface area (Å²) in [6, 6.07) is 7.74. The van der Waals surface area contributed by atoms with Gasteiger partial charge in [0.25, 0.3) is 0 Å². The van der Waals surface area contributed by atoms with Gasteiger partial charge in [-0.05, 0) is 31.4 Å². The number of amides is 1. The van der Waals surface area contributed by atoms with E-state index in [4.69, 9.17) is 0 Å². The second-order valence-electron chi connectivity index (χ2n) is 5.70. The minimum Gasteiger partial charge on any atom is -0.394 e. The number of aliphatic hydroxyl groups excluding tert-OH is 1. The highest BCUT2D eigenvalue weighted by atomic mass is 16.3. The zero-order valence-corrected chi connectivity index (χ0v) is 11.8. The Morgan fingerprint density at radius 1 is 1.47 bits per heavy atom. The van der Waals surface area contributed by atoms with Crippen LogP contribution in [0.5, 0.6) is 0 Å². The summed E-state index contributed by atoms with van der Waals surface area (Å²) in [5.74, 6) is 0.00574. The van der Waals surface area contributed by atoms with Crippen LogP contribution in [0.25, 0.3) is 0 Å². The highest BCUT2D eigenvalue weighted by Crippen LogP contribution is 2.26. The van der Waals surface area contributed by atoms with Crippen molar-refractivity contribution in [2.45, 2.75) is 31.8 Å². The minimum atomic E-state index is -0.550. The summed E-state index contributed by atoms with van der Waals surface area (Å²) >= 11 is 0. The Hall–Kier alpha value is -1.39. The van der Waals surface area contributed by atoms with Crippen molar-refractivity contribution in [2.24, 2.45) is 0 Å². The molecule has 0 radical (unpaired) electrons. The smallest absolute Gasteiger partial charge is 0.244 e. The molecule has 2 rings (SSSR count). The fourth-order valence-electron chi connectivity index (χ4n) is 2.32. The lowest BCUT2D eigenvalue weighted by Crippen LogP contribution is -2.52. The Labute approximate surface area is 114 Å². The molecule has 0 aliphatic carbocycles. The number of hydrogen-bond acceptors (Lipinski definition) is 3. The Kier molecular flexibility index (Phi) is 3.92.